The van der Waals surface area contributed by atoms with Crippen LogP contribution in [0.4, 0.5) is 0 Å². The van der Waals surface area contributed by atoms with Crippen molar-refractivity contribution in [2.24, 2.45) is 0 Å². The molecule has 1 saturated heterocycles. The van der Waals surface area contributed by atoms with Gasteiger partial charge in [-0.05, 0) is 5.56 Å². The van der Waals surface area contributed by atoms with E-state index in [2.05, 4.69) is 9.50 Å². The van der Waals surface area contributed by atoms with Gasteiger partial charge in [-0.15, -0.1) is 0 Å². The quantitative estimate of drug-likeness (QED) is 0.379. The maximum atomic E-state index is 12.5. The van der Waals surface area contributed by atoms with Crippen molar-refractivity contribution in [1.82, 2.24) is 5.32 Å². The standard InChI is InChI=1S/C22H27NO8S/c1-28-22-21(23-13-19(24)17-10-6-3-7-11-17)20(29-14-16-8-4-2-5-9-16)12-18(31-22)15-30-32(25,26)27/h2-11,18,20-23H,12-15H2,1H3,(H,25,26,27)/t18?,20?,21?,22-/m0/s1. The lowest BCUT2D eigenvalue weighted by Gasteiger charge is -2.41. The van der Waals surface area contributed by atoms with Crippen LogP contribution in [0.2, 0.25) is 0 Å². The summed E-state index contributed by atoms with van der Waals surface area (Å²) in [6.07, 6.45) is -1.75. The molecule has 0 aromatic heterocycles. The highest BCUT2D eigenvalue weighted by Crippen LogP contribution is 2.25. The Hall–Kier alpha value is -2.18. The maximum Gasteiger partial charge on any atom is 0.397 e. The maximum absolute atomic E-state index is 12.5. The zero-order chi connectivity index (χ0) is 23.0. The highest BCUT2D eigenvalue weighted by molar-refractivity contribution is 7.80. The van der Waals surface area contributed by atoms with E-state index in [9.17, 15) is 13.2 Å². The molecule has 0 aliphatic carbocycles. The number of hydrogen-bond acceptors (Lipinski definition) is 8. The fourth-order valence-corrected chi connectivity index (χ4v) is 3.82. The van der Waals surface area contributed by atoms with Crippen molar-refractivity contribution in [2.75, 3.05) is 20.3 Å². The zero-order valence-electron chi connectivity index (χ0n) is 17.6. The molecule has 4 atom stereocenters. The summed E-state index contributed by atoms with van der Waals surface area (Å²) in [6, 6.07) is 17.9. The average molecular weight is 466 g/mol. The van der Waals surface area contributed by atoms with E-state index in [0.29, 0.717) is 12.2 Å². The third-order valence-electron chi connectivity index (χ3n) is 5.05. The van der Waals surface area contributed by atoms with Gasteiger partial charge >= 0.3 is 10.4 Å². The van der Waals surface area contributed by atoms with Crippen molar-refractivity contribution in [3.63, 3.8) is 0 Å². The molecule has 174 valence electrons. The van der Waals surface area contributed by atoms with Gasteiger partial charge in [-0.25, -0.2) is 4.18 Å². The molecule has 3 rings (SSSR count). The van der Waals surface area contributed by atoms with Crippen molar-refractivity contribution in [2.45, 2.75) is 37.6 Å². The zero-order valence-corrected chi connectivity index (χ0v) is 18.4. The lowest BCUT2D eigenvalue weighted by molar-refractivity contribution is -0.233. The van der Waals surface area contributed by atoms with Crippen molar-refractivity contribution < 1.29 is 36.2 Å². The van der Waals surface area contributed by atoms with Gasteiger partial charge in [0.2, 0.25) is 0 Å². The highest BCUT2D eigenvalue weighted by Gasteiger charge is 2.40. The van der Waals surface area contributed by atoms with Crippen LogP contribution in [0.15, 0.2) is 60.7 Å². The SMILES string of the molecule is CO[C@H]1OC(COS(=O)(=O)O)CC(OCc2ccccc2)C1NCC(=O)c1ccccc1. The minimum Gasteiger partial charge on any atom is -0.372 e. The van der Waals surface area contributed by atoms with E-state index in [1.165, 1.54) is 7.11 Å². The summed E-state index contributed by atoms with van der Waals surface area (Å²) in [7, 11) is -3.16. The average Bonchev–Trinajstić information content (AvgIpc) is 2.80. The van der Waals surface area contributed by atoms with Gasteiger partial charge in [0.25, 0.3) is 0 Å². The van der Waals surface area contributed by atoms with Crippen LogP contribution in [0.3, 0.4) is 0 Å². The van der Waals surface area contributed by atoms with Crippen LogP contribution in [-0.4, -0.2) is 63.6 Å². The fourth-order valence-electron chi connectivity index (χ4n) is 3.50. The van der Waals surface area contributed by atoms with Gasteiger partial charge in [0.1, 0.15) is 0 Å². The fraction of sp³-hybridized carbons (Fsp3) is 0.409. The summed E-state index contributed by atoms with van der Waals surface area (Å²) in [5, 5.41) is 3.17. The molecule has 32 heavy (non-hydrogen) atoms. The Kier molecular flexibility index (Phi) is 8.88. The van der Waals surface area contributed by atoms with Crippen LogP contribution in [0.1, 0.15) is 22.3 Å². The van der Waals surface area contributed by atoms with Gasteiger partial charge in [0.05, 0.1) is 38.0 Å². The van der Waals surface area contributed by atoms with Gasteiger partial charge in [-0.3, -0.25) is 9.35 Å². The first-order chi connectivity index (χ1) is 15.4. The molecule has 1 heterocycles. The van der Waals surface area contributed by atoms with Gasteiger partial charge in [-0.2, -0.15) is 8.42 Å². The van der Waals surface area contributed by atoms with Gasteiger partial charge in [0.15, 0.2) is 12.1 Å². The Labute approximate surface area is 187 Å². The summed E-state index contributed by atoms with van der Waals surface area (Å²) in [6.45, 7) is -0.0481. The number of carbonyl (C=O) groups is 1. The first-order valence-electron chi connectivity index (χ1n) is 10.1. The summed E-state index contributed by atoms with van der Waals surface area (Å²) in [4.78, 5) is 12.5. The number of hydrogen-bond donors (Lipinski definition) is 2. The second-order valence-corrected chi connectivity index (χ2v) is 8.43. The van der Waals surface area contributed by atoms with Crippen LogP contribution in [0.25, 0.3) is 0 Å². The first kappa shape index (κ1) is 24.5. The number of nitrogens with one attached hydrogen (secondary N) is 1. The second kappa shape index (κ2) is 11.6. The van der Waals surface area contributed by atoms with Crippen LogP contribution in [-0.2, 0) is 35.4 Å². The summed E-state index contributed by atoms with van der Waals surface area (Å²) in [5.74, 6) is -0.0981. The molecule has 3 unspecified atom stereocenters. The van der Waals surface area contributed by atoms with Crippen molar-refractivity contribution in [1.29, 1.82) is 0 Å². The van der Waals surface area contributed by atoms with Gasteiger partial charge in [-0.1, -0.05) is 60.7 Å². The second-order valence-electron chi connectivity index (χ2n) is 7.34. The Bertz CT molecular complexity index is 954. The lowest BCUT2D eigenvalue weighted by Crippen LogP contribution is -2.58. The Morgan fingerprint density at radius 2 is 1.78 bits per heavy atom. The molecule has 0 bridgehead atoms. The normalized spacial score (nSPS) is 23.7. The van der Waals surface area contributed by atoms with Crippen molar-refractivity contribution in [3.05, 3.63) is 71.8 Å². The summed E-state index contributed by atoms with van der Waals surface area (Å²) in [5.41, 5.74) is 1.53. The summed E-state index contributed by atoms with van der Waals surface area (Å²) >= 11 is 0. The summed E-state index contributed by atoms with van der Waals surface area (Å²) < 4.78 is 52.6. The predicted molar refractivity (Wildman–Crippen MR) is 115 cm³/mol. The van der Waals surface area contributed by atoms with Crippen molar-refractivity contribution in [3.8, 4) is 0 Å². The number of ether oxygens (including phenoxy) is 3. The Morgan fingerprint density at radius 1 is 1.12 bits per heavy atom. The van der Waals surface area contributed by atoms with E-state index in [0.717, 1.165) is 5.56 Å². The third-order valence-corrected chi connectivity index (χ3v) is 5.49. The molecule has 1 aliphatic heterocycles. The molecule has 2 aromatic rings. The van der Waals surface area contributed by atoms with E-state index in [4.69, 9.17) is 18.8 Å². The number of ketones is 1. The van der Waals surface area contributed by atoms with E-state index >= 15 is 0 Å². The van der Waals surface area contributed by atoms with Crippen LogP contribution in [0, 0.1) is 0 Å². The number of methoxy groups -OCH3 is 1. The molecular formula is C22H27NO8S. The van der Waals surface area contributed by atoms with E-state index < -0.39 is 34.9 Å². The molecule has 9 nitrogen and oxygen atoms in total. The molecule has 0 saturated carbocycles. The van der Waals surface area contributed by atoms with Gasteiger partial charge in [0, 0.05) is 19.1 Å². The molecule has 0 amide bonds. The van der Waals surface area contributed by atoms with E-state index in [1.807, 2.05) is 36.4 Å². The topological polar surface area (TPSA) is 120 Å². The molecule has 0 spiro atoms. The molecule has 2 aromatic carbocycles. The number of Topliss-reactive ketones (excluding diaryl/α,β-unsaturated/α-hetero) is 1. The molecule has 1 fully saturated rings. The lowest BCUT2D eigenvalue weighted by atomic mass is 9.99. The molecule has 2 N–H and O–H groups in total. The predicted octanol–water partition coefficient (Wildman–Crippen LogP) is 1.99. The molecule has 0 radical (unpaired) electrons. The first-order valence-corrected chi connectivity index (χ1v) is 11.5. The van der Waals surface area contributed by atoms with Crippen LogP contribution in [0.5, 0.6) is 0 Å². The molecule has 10 heteroatoms. The van der Waals surface area contributed by atoms with Gasteiger partial charge < -0.3 is 19.5 Å². The smallest absolute Gasteiger partial charge is 0.372 e. The van der Waals surface area contributed by atoms with E-state index in [1.54, 1.807) is 24.3 Å². The minimum atomic E-state index is -4.61. The Morgan fingerprint density at radius 3 is 2.41 bits per heavy atom. The molecule has 1 aliphatic rings. The minimum absolute atomic E-state index is 0.0370. The highest BCUT2D eigenvalue weighted by atomic mass is 32.3. The number of benzene rings is 2. The largest absolute Gasteiger partial charge is 0.397 e. The monoisotopic (exact) mass is 465 g/mol. The Balaban J connectivity index is 1.70. The van der Waals surface area contributed by atoms with Crippen LogP contribution >= 0.6 is 0 Å². The van der Waals surface area contributed by atoms with Crippen LogP contribution < -0.4 is 5.32 Å². The van der Waals surface area contributed by atoms with E-state index in [-0.39, 0.29) is 25.4 Å². The number of carbonyl (C=O) groups excluding carboxylic acids is 1. The van der Waals surface area contributed by atoms with Crippen molar-refractivity contribution >= 4 is 16.2 Å². The molecular weight excluding hydrogens is 438 g/mol. The number of rotatable bonds is 11. The third kappa shape index (κ3) is 7.45.